The van der Waals surface area contributed by atoms with Gasteiger partial charge in [-0.1, -0.05) is 42.5 Å². The van der Waals surface area contributed by atoms with Gasteiger partial charge in [0.1, 0.15) is 12.4 Å². The van der Waals surface area contributed by atoms with E-state index in [-0.39, 0.29) is 11.1 Å². The molecule has 2 N–H and O–H groups in total. The van der Waals surface area contributed by atoms with Gasteiger partial charge in [-0.25, -0.2) is 0 Å². The van der Waals surface area contributed by atoms with Crippen molar-refractivity contribution in [1.82, 2.24) is 10.9 Å². The highest BCUT2D eigenvalue weighted by atomic mass is 16.5. The van der Waals surface area contributed by atoms with Gasteiger partial charge in [0, 0.05) is 5.56 Å². The summed E-state index contributed by atoms with van der Waals surface area (Å²) in [6.45, 7) is 0.308. The molecule has 3 rings (SSSR count). The van der Waals surface area contributed by atoms with E-state index in [4.69, 9.17) is 18.9 Å². The Morgan fingerprint density at radius 1 is 0.719 bits per heavy atom. The van der Waals surface area contributed by atoms with E-state index < -0.39 is 11.8 Å². The highest BCUT2D eigenvalue weighted by Gasteiger charge is 2.18. The molecule has 0 spiro atoms. The van der Waals surface area contributed by atoms with E-state index in [2.05, 4.69) is 10.9 Å². The van der Waals surface area contributed by atoms with Gasteiger partial charge < -0.3 is 18.9 Å². The molecule has 8 heteroatoms. The topological polar surface area (TPSA) is 95.1 Å². The molecule has 0 radical (unpaired) electrons. The van der Waals surface area contributed by atoms with Crippen LogP contribution in [0.5, 0.6) is 23.0 Å². The summed E-state index contributed by atoms with van der Waals surface area (Å²) in [5.41, 5.74) is 6.27. The van der Waals surface area contributed by atoms with Crippen LogP contribution < -0.4 is 29.8 Å². The monoisotopic (exact) mass is 436 g/mol. The number of hydrazine groups is 1. The molecule has 166 valence electrons. The third kappa shape index (κ3) is 5.28. The average Bonchev–Trinajstić information content (AvgIpc) is 2.85. The number of rotatable bonds is 8. The van der Waals surface area contributed by atoms with Crippen molar-refractivity contribution in [2.75, 3.05) is 21.3 Å². The summed E-state index contributed by atoms with van der Waals surface area (Å²) in [7, 11) is 4.37. The lowest BCUT2D eigenvalue weighted by molar-refractivity contribution is 0.0843. The van der Waals surface area contributed by atoms with Crippen molar-refractivity contribution in [3.8, 4) is 23.0 Å². The summed E-state index contributed by atoms with van der Waals surface area (Å²) in [6.07, 6.45) is 0. The van der Waals surface area contributed by atoms with Gasteiger partial charge in [0.15, 0.2) is 11.5 Å². The quantitative estimate of drug-likeness (QED) is 0.526. The van der Waals surface area contributed by atoms with Crippen LogP contribution in [0.25, 0.3) is 0 Å². The molecule has 2 amide bonds. The van der Waals surface area contributed by atoms with E-state index in [0.717, 1.165) is 5.56 Å². The minimum Gasteiger partial charge on any atom is -0.493 e. The lowest BCUT2D eigenvalue weighted by Gasteiger charge is -2.15. The zero-order valence-electron chi connectivity index (χ0n) is 18.0. The summed E-state index contributed by atoms with van der Waals surface area (Å²) >= 11 is 0. The molecule has 8 nitrogen and oxygen atoms in total. The van der Waals surface area contributed by atoms with Crippen molar-refractivity contribution in [3.05, 3.63) is 83.4 Å². The Kier molecular flexibility index (Phi) is 7.53. The first-order valence-corrected chi connectivity index (χ1v) is 9.73. The molecule has 0 aromatic heterocycles. The first-order chi connectivity index (χ1) is 15.6. The van der Waals surface area contributed by atoms with Crippen molar-refractivity contribution in [2.24, 2.45) is 0 Å². The number of nitrogens with one attached hydrogen (secondary N) is 2. The van der Waals surface area contributed by atoms with Gasteiger partial charge in [0.25, 0.3) is 11.8 Å². The number of carbonyl (C=O) groups is 2. The summed E-state index contributed by atoms with van der Waals surface area (Å²) in [6, 6.07) is 19.4. The Morgan fingerprint density at radius 2 is 1.31 bits per heavy atom. The average molecular weight is 436 g/mol. The van der Waals surface area contributed by atoms with Crippen LogP contribution in [0.4, 0.5) is 0 Å². The van der Waals surface area contributed by atoms with E-state index in [1.807, 2.05) is 30.3 Å². The Bertz CT molecular complexity index is 1060. The number of methoxy groups -OCH3 is 3. The molecule has 0 saturated heterocycles. The molecular formula is C24H24N2O6. The molecule has 0 atom stereocenters. The van der Waals surface area contributed by atoms with Crippen LogP contribution in [-0.4, -0.2) is 33.1 Å². The van der Waals surface area contributed by atoms with E-state index in [1.54, 1.807) is 24.3 Å². The molecule has 32 heavy (non-hydrogen) atoms. The highest BCUT2D eigenvalue weighted by Crippen LogP contribution is 2.38. The number of hydrogen-bond donors (Lipinski definition) is 2. The van der Waals surface area contributed by atoms with Gasteiger partial charge in [-0.05, 0) is 29.8 Å². The number of carbonyl (C=O) groups excluding carboxylic acids is 2. The largest absolute Gasteiger partial charge is 0.493 e. The van der Waals surface area contributed by atoms with E-state index in [1.165, 1.54) is 33.5 Å². The van der Waals surface area contributed by atoms with Crippen LogP contribution in [0, 0.1) is 0 Å². The van der Waals surface area contributed by atoms with Crippen LogP contribution in [0.2, 0.25) is 0 Å². The zero-order valence-corrected chi connectivity index (χ0v) is 18.0. The molecule has 0 unspecified atom stereocenters. The zero-order chi connectivity index (χ0) is 22.9. The number of amides is 2. The van der Waals surface area contributed by atoms with Crippen molar-refractivity contribution in [2.45, 2.75) is 6.61 Å². The molecule has 3 aromatic carbocycles. The van der Waals surface area contributed by atoms with Gasteiger partial charge in [-0.3, -0.25) is 20.4 Å². The lowest BCUT2D eigenvalue weighted by Crippen LogP contribution is -2.41. The normalized spacial score (nSPS) is 10.1. The number of para-hydroxylation sites is 1. The standard InChI is InChI=1S/C24H24N2O6/c1-29-20-13-17(14-21(30-2)22(20)31-3)23(27)25-26-24(28)18-11-7-8-12-19(18)32-15-16-9-5-4-6-10-16/h4-14H,15H2,1-3H3,(H,25,27)(H,26,28). The summed E-state index contributed by atoms with van der Waals surface area (Å²) in [4.78, 5) is 25.3. The maximum atomic E-state index is 12.7. The van der Waals surface area contributed by atoms with Gasteiger partial charge in [0.2, 0.25) is 5.75 Å². The molecule has 0 aliphatic rings. The number of benzene rings is 3. The predicted molar refractivity (Wildman–Crippen MR) is 118 cm³/mol. The second-order valence-corrected chi connectivity index (χ2v) is 6.59. The molecule has 0 fully saturated rings. The fourth-order valence-corrected chi connectivity index (χ4v) is 2.98. The Labute approximate surface area is 186 Å². The van der Waals surface area contributed by atoms with Gasteiger partial charge in [0.05, 0.1) is 26.9 Å². The highest BCUT2D eigenvalue weighted by molar-refractivity contribution is 6.01. The smallest absolute Gasteiger partial charge is 0.273 e. The SMILES string of the molecule is COc1cc(C(=O)NNC(=O)c2ccccc2OCc2ccccc2)cc(OC)c1OC. The fraction of sp³-hybridized carbons (Fsp3) is 0.167. The lowest BCUT2D eigenvalue weighted by atomic mass is 10.1. The maximum absolute atomic E-state index is 12.7. The van der Waals surface area contributed by atoms with Gasteiger partial charge >= 0.3 is 0 Å². The Hall–Kier alpha value is -4.20. The Balaban J connectivity index is 1.69. The number of hydrogen-bond acceptors (Lipinski definition) is 6. The Morgan fingerprint density at radius 3 is 1.94 bits per heavy atom. The molecule has 0 heterocycles. The third-order valence-electron chi connectivity index (χ3n) is 4.59. The molecule has 0 aliphatic carbocycles. The molecule has 0 aliphatic heterocycles. The molecule has 0 saturated carbocycles. The van der Waals surface area contributed by atoms with Crippen molar-refractivity contribution in [3.63, 3.8) is 0 Å². The van der Waals surface area contributed by atoms with E-state index >= 15 is 0 Å². The maximum Gasteiger partial charge on any atom is 0.273 e. The second kappa shape index (κ2) is 10.7. The van der Waals surface area contributed by atoms with Crippen LogP contribution in [0.15, 0.2) is 66.7 Å². The van der Waals surface area contributed by atoms with Crippen LogP contribution in [0.1, 0.15) is 26.3 Å². The van der Waals surface area contributed by atoms with Crippen LogP contribution in [0.3, 0.4) is 0 Å². The van der Waals surface area contributed by atoms with Gasteiger partial charge in [-0.15, -0.1) is 0 Å². The minimum absolute atomic E-state index is 0.216. The third-order valence-corrected chi connectivity index (χ3v) is 4.59. The summed E-state index contributed by atoms with van der Waals surface area (Å²) in [5, 5.41) is 0. The minimum atomic E-state index is -0.555. The first-order valence-electron chi connectivity index (χ1n) is 9.73. The molecular weight excluding hydrogens is 412 g/mol. The second-order valence-electron chi connectivity index (χ2n) is 6.59. The van der Waals surface area contributed by atoms with E-state index in [9.17, 15) is 9.59 Å². The summed E-state index contributed by atoms with van der Waals surface area (Å²) in [5.74, 6) is 0.330. The van der Waals surface area contributed by atoms with Crippen LogP contribution in [-0.2, 0) is 6.61 Å². The fourth-order valence-electron chi connectivity index (χ4n) is 2.98. The van der Waals surface area contributed by atoms with Crippen molar-refractivity contribution < 1.29 is 28.5 Å². The molecule has 3 aromatic rings. The predicted octanol–water partition coefficient (Wildman–Crippen LogP) is 3.37. The van der Waals surface area contributed by atoms with Crippen molar-refractivity contribution >= 4 is 11.8 Å². The van der Waals surface area contributed by atoms with Crippen LogP contribution >= 0.6 is 0 Å². The molecule has 0 bridgehead atoms. The summed E-state index contributed by atoms with van der Waals surface area (Å²) < 4.78 is 21.6. The van der Waals surface area contributed by atoms with Gasteiger partial charge in [-0.2, -0.15) is 0 Å². The van der Waals surface area contributed by atoms with Crippen molar-refractivity contribution in [1.29, 1.82) is 0 Å². The number of ether oxygens (including phenoxy) is 4. The first kappa shape index (κ1) is 22.5. The van der Waals surface area contributed by atoms with E-state index in [0.29, 0.717) is 29.6 Å².